The number of ether oxygens (including phenoxy) is 1. The van der Waals surface area contributed by atoms with E-state index >= 15 is 0 Å². The molecule has 21 heavy (non-hydrogen) atoms. The summed E-state index contributed by atoms with van der Waals surface area (Å²) in [4.78, 5) is 14.4. The number of piperidine rings is 1. The fraction of sp³-hybridized carbons (Fsp3) is 0.588. The summed E-state index contributed by atoms with van der Waals surface area (Å²) >= 11 is 0. The smallest absolute Gasteiger partial charge is 0.340 e. The van der Waals surface area contributed by atoms with E-state index in [1.807, 2.05) is 12.1 Å². The number of nitrogen functional groups attached to an aromatic ring is 1. The summed E-state index contributed by atoms with van der Waals surface area (Å²) in [5.74, 6) is 1.35. The Bertz CT molecular complexity index is 530. The molecule has 4 nitrogen and oxygen atoms in total. The van der Waals surface area contributed by atoms with Gasteiger partial charge in [0.05, 0.1) is 18.4 Å². The van der Waals surface area contributed by atoms with Gasteiger partial charge < -0.3 is 15.4 Å². The molecule has 0 aromatic heterocycles. The van der Waals surface area contributed by atoms with E-state index in [1.165, 1.54) is 39.2 Å². The second-order valence-electron chi connectivity index (χ2n) is 6.31. The molecule has 0 spiro atoms. The highest BCUT2D eigenvalue weighted by molar-refractivity contribution is 5.97. The fourth-order valence-corrected chi connectivity index (χ4v) is 3.92. The molecule has 1 aliphatic heterocycles. The Labute approximate surface area is 126 Å². The fourth-order valence-electron chi connectivity index (χ4n) is 3.92. The van der Waals surface area contributed by atoms with Crippen molar-refractivity contribution in [1.82, 2.24) is 0 Å². The molecule has 0 radical (unpaired) electrons. The number of nitrogens with two attached hydrogens (primary N) is 1. The van der Waals surface area contributed by atoms with Gasteiger partial charge in [0.15, 0.2) is 0 Å². The topological polar surface area (TPSA) is 55.6 Å². The van der Waals surface area contributed by atoms with Crippen LogP contribution in [0.1, 0.15) is 42.5 Å². The first-order valence-electron chi connectivity index (χ1n) is 7.92. The molecule has 1 aliphatic carbocycles. The van der Waals surface area contributed by atoms with Crippen LogP contribution in [-0.2, 0) is 4.74 Å². The summed E-state index contributed by atoms with van der Waals surface area (Å²) in [6.45, 7) is 2.08. The first-order chi connectivity index (χ1) is 10.2. The van der Waals surface area contributed by atoms with E-state index in [4.69, 9.17) is 10.5 Å². The lowest BCUT2D eigenvalue weighted by Gasteiger charge is -2.42. The summed E-state index contributed by atoms with van der Waals surface area (Å²) in [7, 11) is 1.42. The minimum atomic E-state index is -0.303. The molecular weight excluding hydrogens is 264 g/mol. The van der Waals surface area contributed by atoms with Gasteiger partial charge in [0.25, 0.3) is 0 Å². The number of carbonyl (C=O) groups is 1. The first-order valence-corrected chi connectivity index (χ1v) is 7.92. The van der Waals surface area contributed by atoms with Gasteiger partial charge in [0.2, 0.25) is 0 Å². The van der Waals surface area contributed by atoms with Gasteiger partial charge in [-0.1, -0.05) is 19.3 Å². The van der Waals surface area contributed by atoms with Gasteiger partial charge in [-0.15, -0.1) is 0 Å². The molecule has 114 valence electrons. The SMILES string of the molecule is COC(=O)c1cc(N)ccc1N1CCC2CCCCC2C1. The number of carbonyl (C=O) groups excluding carboxylic acids is 1. The van der Waals surface area contributed by atoms with Gasteiger partial charge in [-0.25, -0.2) is 4.79 Å². The van der Waals surface area contributed by atoms with Crippen LogP contribution in [0.25, 0.3) is 0 Å². The van der Waals surface area contributed by atoms with Crippen molar-refractivity contribution >= 4 is 17.3 Å². The average molecular weight is 288 g/mol. The highest BCUT2D eigenvalue weighted by Crippen LogP contribution is 2.38. The van der Waals surface area contributed by atoms with Crippen molar-refractivity contribution in [3.8, 4) is 0 Å². The minimum absolute atomic E-state index is 0.303. The number of rotatable bonds is 2. The Morgan fingerprint density at radius 1 is 1.24 bits per heavy atom. The van der Waals surface area contributed by atoms with Gasteiger partial charge in [-0.05, 0) is 42.9 Å². The van der Waals surface area contributed by atoms with Crippen LogP contribution < -0.4 is 10.6 Å². The third-order valence-electron chi connectivity index (χ3n) is 5.06. The number of nitrogens with zero attached hydrogens (tertiary/aromatic N) is 1. The molecule has 2 fully saturated rings. The molecule has 4 heteroatoms. The standard InChI is InChI=1S/C17H24N2O2/c1-21-17(20)15-10-14(18)6-7-16(15)19-9-8-12-4-2-3-5-13(12)11-19/h6-7,10,12-13H,2-5,8-9,11,18H2,1H3. The number of esters is 1. The summed E-state index contributed by atoms with van der Waals surface area (Å²) in [5, 5.41) is 0. The van der Waals surface area contributed by atoms with Gasteiger partial charge in [-0.2, -0.15) is 0 Å². The van der Waals surface area contributed by atoms with Gasteiger partial charge in [0.1, 0.15) is 0 Å². The number of hydrogen-bond donors (Lipinski definition) is 1. The quantitative estimate of drug-likeness (QED) is 0.671. The molecule has 1 aromatic carbocycles. The largest absolute Gasteiger partial charge is 0.465 e. The van der Waals surface area contributed by atoms with Crippen LogP contribution in [0.4, 0.5) is 11.4 Å². The van der Waals surface area contributed by atoms with Gasteiger partial charge >= 0.3 is 5.97 Å². The summed E-state index contributed by atoms with van der Waals surface area (Å²) in [6, 6.07) is 5.56. The lowest BCUT2D eigenvalue weighted by molar-refractivity contribution is 0.0601. The third kappa shape index (κ3) is 2.85. The number of fused-ring (bicyclic) bond motifs is 1. The van der Waals surface area contributed by atoms with Crippen molar-refractivity contribution in [1.29, 1.82) is 0 Å². The average Bonchev–Trinajstić information content (AvgIpc) is 2.53. The second-order valence-corrected chi connectivity index (χ2v) is 6.31. The first kappa shape index (κ1) is 14.2. The molecule has 1 saturated heterocycles. The van der Waals surface area contributed by atoms with E-state index in [0.29, 0.717) is 11.3 Å². The zero-order valence-corrected chi connectivity index (χ0v) is 12.7. The molecule has 3 rings (SSSR count). The maximum atomic E-state index is 12.0. The Morgan fingerprint density at radius 3 is 2.76 bits per heavy atom. The van der Waals surface area contributed by atoms with Crippen LogP contribution in [0.2, 0.25) is 0 Å². The third-order valence-corrected chi connectivity index (χ3v) is 5.06. The maximum Gasteiger partial charge on any atom is 0.340 e. The van der Waals surface area contributed by atoms with E-state index in [0.717, 1.165) is 30.6 Å². The van der Waals surface area contributed by atoms with Crippen LogP contribution in [-0.4, -0.2) is 26.2 Å². The number of methoxy groups -OCH3 is 1. The lowest BCUT2D eigenvalue weighted by Crippen LogP contribution is -2.42. The maximum absolute atomic E-state index is 12.0. The van der Waals surface area contributed by atoms with Crippen LogP contribution in [0.5, 0.6) is 0 Å². The molecule has 2 unspecified atom stereocenters. The predicted molar refractivity (Wildman–Crippen MR) is 84.5 cm³/mol. The van der Waals surface area contributed by atoms with Crippen LogP contribution in [0.3, 0.4) is 0 Å². The molecule has 1 aromatic rings. The second kappa shape index (κ2) is 5.96. The van der Waals surface area contributed by atoms with E-state index in [2.05, 4.69) is 4.90 Å². The molecule has 2 aliphatic rings. The van der Waals surface area contributed by atoms with Crippen molar-refractivity contribution in [3.05, 3.63) is 23.8 Å². The lowest BCUT2D eigenvalue weighted by atomic mass is 9.75. The predicted octanol–water partition coefficient (Wildman–Crippen LogP) is 3.07. The number of hydrogen-bond acceptors (Lipinski definition) is 4. The normalized spacial score (nSPS) is 25.3. The number of anilines is 2. The van der Waals surface area contributed by atoms with Crippen LogP contribution in [0.15, 0.2) is 18.2 Å². The summed E-state index contributed by atoms with van der Waals surface area (Å²) < 4.78 is 4.91. The highest BCUT2D eigenvalue weighted by Gasteiger charge is 2.32. The van der Waals surface area contributed by atoms with E-state index < -0.39 is 0 Å². The zero-order valence-electron chi connectivity index (χ0n) is 12.7. The van der Waals surface area contributed by atoms with Crippen LogP contribution in [0, 0.1) is 11.8 Å². The highest BCUT2D eigenvalue weighted by atomic mass is 16.5. The molecule has 2 atom stereocenters. The Balaban J connectivity index is 1.85. The van der Waals surface area contributed by atoms with Crippen molar-refractivity contribution in [3.63, 3.8) is 0 Å². The van der Waals surface area contributed by atoms with Crippen molar-refractivity contribution < 1.29 is 9.53 Å². The molecule has 1 saturated carbocycles. The molecule has 2 N–H and O–H groups in total. The zero-order chi connectivity index (χ0) is 14.8. The minimum Gasteiger partial charge on any atom is -0.465 e. The van der Waals surface area contributed by atoms with E-state index in [9.17, 15) is 4.79 Å². The molecule has 1 heterocycles. The Kier molecular flexibility index (Phi) is 4.04. The van der Waals surface area contributed by atoms with Crippen molar-refractivity contribution in [2.24, 2.45) is 11.8 Å². The Morgan fingerprint density at radius 2 is 2.00 bits per heavy atom. The van der Waals surface area contributed by atoms with Crippen molar-refractivity contribution in [2.45, 2.75) is 32.1 Å². The molecular formula is C17H24N2O2. The molecule has 0 bridgehead atoms. The monoisotopic (exact) mass is 288 g/mol. The van der Waals surface area contributed by atoms with Gasteiger partial charge in [0, 0.05) is 18.8 Å². The summed E-state index contributed by atoms with van der Waals surface area (Å²) in [6.07, 6.45) is 6.67. The van der Waals surface area contributed by atoms with Gasteiger partial charge in [-0.3, -0.25) is 0 Å². The van der Waals surface area contributed by atoms with E-state index in [1.54, 1.807) is 6.07 Å². The van der Waals surface area contributed by atoms with Crippen LogP contribution >= 0.6 is 0 Å². The molecule has 0 amide bonds. The van der Waals surface area contributed by atoms with E-state index in [-0.39, 0.29) is 5.97 Å². The Hall–Kier alpha value is -1.71. The number of benzene rings is 1. The summed E-state index contributed by atoms with van der Waals surface area (Å²) in [5.41, 5.74) is 7.99. The van der Waals surface area contributed by atoms with Crippen molar-refractivity contribution in [2.75, 3.05) is 30.8 Å².